The number of para-hydroxylation sites is 3. The Morgan fingerprint density at radius 3 is 2.70 bits per heavy atom. The monoisotopic (exact) mass is 268 g/mol. The number of ether oxygens (including phenoxy) is 1. The maximum absolute atomic E-state index is 13.7. The van der Waals surface area contributed by atoms with Crippen LogP contribution in [-0.4, -0.2) is 12.1 Å². The van der Waals surface area contributed by atoms with Gasteiger partial charge in [-0.2, -0.15) is 0 Å². The Hall–Kier alpha value is -2.62. The number of methoxy groups -OCH3 is 1. The van der Waals surface area contributed by atoms with Crippen LogP contribution in [0.5, 0.6) is 5.75 Å². The third-order valence-corrected chi connectivity index (χ3v) is 3.10. The fourth-order valence-corrected chi connectivity index (χ4v) is 2.14. The van der Waals surface area contributed by atoms with Crippen LogP contribution >= 0.6 is 0 Å². The lowest BCUT2D eigenvalue weighted by atomic mass is 10.1. The third-order valence-electron chi connectivity index (χ3n) is 3.10. The topological polar surface area (TPSA) is 34.1 Å². The van der Waals surface area contributed by atoms with Crippen molar-refractivity contribution in [1.29, 1.82) is 0 Å². The van der Waals surface area contributed by atoms with E-state index in [0.29, 0.717) is 5.52 Å². The van der Waals surface area contributed by atoms with Crippen molar-refractivity contribution >= 4 is 22.3 Å². The summed E-state index contributed by atoms with van der Waals surface area (Å²) in [5.41, 5.74) is 1.97. The summed E-state index contributed by atoms with van der Waals surface area (Å²) >= 11 is 0. The van der Waals surface area contributed by atoms with Gasteiger partial charge in [-0.25, -0.2) is 4.39 Å². The van der Waals surface area contributed by atoms with Gasteiger partial charge in [-0.1, -0.05) is 24.3 Å². The quantitative estimate of drug-likeness (QED) is 0.775. The van der Waals surface area contributed by atoms with Crippen molar-refractivity contribution in [2.75, 3.05) is 12.4 Å². The Labute approximate surface area is 116 Å². The van der Waals surface area contributed by atoms with Gasteiger partial charge in [0.25, 0.3) is 0 Å². The minimum absolute atomic E-state index is 0.328. The predicted molar refractivity (Wildman–Crippen MR) is 78.0 cm³/mol. The highest BCUT2D eigenvalue weighted by atomic mass is 19.1. The highest BCUT2D eigenvalue weighted by molar-refractivity contribution is 5.93. The second-order valence-electron chi connectivity index (χ2n) is 4.32. The zero-order valence-electron chi connectivity index (χ0n) is 10.9. The molecule has 0 atom stereocenters. The molecule has 100 valence electrons. The maximum Gasteiger partial charge on any atom is 0.149 e. The molecule has 0 bridgehead atoms. The number of halogens is 1. The van der Waals surface area contributed by atoms with Crippen LogP contribution in [0.4, 0.5) is 15.8 Å². The Morgan fingerprint density at radius 2 is 1.85 bits per heavy atom. The van der Waals surface area contributed by atoms with E-state index in [1.54, 1.807) is 19.4 Å². The summed E-state index contributed by atoms with van der Waals surface area (Å²) in [6, 6.07) is 14.3. The molecule has 0 unspecified atom stereocenters. The van der Waals surface area contributed by atoms with Crippen molar-refractivity contribution in [3.63, 3.8) is 0 Å². The molecular formula is C16H13FN2O. The summed E-state index contributed by atoms with van der Waals surface area (Å²) in [6.45, 7) is 0. The van der Waals surface area contributed by atoms with Crippen molar-refractivity contribution in [3.8, 4) is 5.75 Å². The van der Waals surface area contributed by atoms with Gasteiger partial charge in [-0.05, 0) is 24.3 Å². The minimum Gasteiger partial charge on any atom is -0.495 e. The van der Waals surface area contributed by atoms with Gasteiger partial charge in [0.05, 0.1) is 12.8 Å². The zero-order chi connectivity index (χ0) is 13.9. The SMILES string of the molecule is COc1ccccc1Nc1ccnc2c(F)cccc12. The lowest BCUT2D eigenvalue weighted by Crippen LogP contribution is -1.96. The maximum atomic E-state index is 13.7. The number of nitrogens with one attached hydrogen (secondary N) is 1. The minimum atomic E-state index is -0.328. The molecule has 0 saturated carbocycles. The highest BCUT2D eigenvalue weighted by Crippen LogP contribution is 2.30. The molecule has 1 N–H and O–H groups in total. The number of hydrogen-bond donors (Lipinski definition) is 1. The predicted octanol–water partition coefficient (Wildman–Crippen LogP) is 4.13. The van der Waals surface area contributed by atoms with Gasteiger partial charge >= 0.3 is 0 Å². The summed E-state index contributed by atoms with van der Waals surface area (Å²) in [7, 11) is 1.62. The van der Waals surface area contributed by atoms with Crippen molar-refractivity contribution < 1.29 is 9.13 Å². The second-order valence-corrected chi connectivity index (χ2v) is 4.32. The van der Waals surface area contributed by atoms with Gasteiger partial charge in [-0.3, -0.25) is 4.98 Å². The smallest absolute Gasteiger partial charge is 0.149 e. The van der Waals surface area contributed by atoms with Crippen LogP contribution in [-0.2, 0) is 0 Å². The van der Waals surface area contributed by atoms with Crippen molar-refractivity contribution in [1.82, 2.24) is 4.98 Å². The molecule has 2 aromatic carbocycles. The summed E-state index contributed by atoms with van der Waals surface area (Å²) in [5.74, 6) is 0.403. The lowest BCUT2D eigenvalue weighted by molar-refractivity contribution is 0.417. The van der Waals surface area contributed by atoms with E-state index in [-0.39, 0.29) is 5.82 Å². The van der Waals surface area contributed by atoms with Crippen molar-refractivity contribution in [2.24, 2.45) is 0 Å². The average Bonchev–Trinajstić information content (AvgIpc) is 2.49. The van der Waals surface area contributed by atoms with Crippen LogP contribution in [0.2, 0.25) is 0 Å². The van der Waals surface area contributed by atoms with Crippen molar-refractivity contribution in [3.05, 3.63) is 60.5 Å². The van der Waals surface area contributed by atoms with E-state index in [4.69, 9.17) is 4.74 Å². The molecule has 0 fully saturated rings. The molecule has 0 radical (unpaired) electrons. The van der Waals surface area contributed by atoms with Crippen LogP contribution < -0.4 is 10.1 Å². The van der Waals surface area contributed by atoms with Crippen LogP contribution in [0.15, 0.2) is 54.7 Å². The van der Waals surface area contributed by atoms with Gasteiger partial charge in [0, 0.05) is 17.3 Å². The first-order valence-electron chi connectivity index (χ1n) is 6.23. The molecule has 0 saturated heterocycles. The summed E-state index contributed by atoms with van der Waals surface area (Å²) in [6.07, 6.45) is 1.59. The Morgan fingerprint density at radius 1 is 1.00 bits per heavy atom. The number of anilines is 2. The summed E-state index contributed by atoms with van der Waals surface area (Å²) in [4.78, 5) is 4.08. The number of rotatable bonds is 3. The number of fused-ring (bicyclic) bond motifs is 1. The van der Waals surface area contributed by atoms with E-state index in [1.165, 1.54) is 6.07 Å². The molecule has 3 rings (SSSR count). The third kappa shape index (κ3) is 2.16. The number of nitrogens with zero attached hydrogens (tertiary/aromatic N) is 1. The molecule has 0 spiro atoms. The zero-order valence-corrected chi connectivity index (χ0v) is 10.9. The molecule has 0 aliphatic carbocycles. The molecule has 1 heterocycles. The molecule has 0 aliphatic heterocycles. The van der Waals surface area contributed by atoms with E-state index in [2.05, 4.69) is 10.3 Å². The Bertz CT molecular complexity index is 758. The first-order valence-corrected chi connectivity index (χ1v) is 6.23. The van der Waals surface area contributed by atoms with Crippen LogP contribution in [0, 0.1) is 5.82 Å². The number of aromatic nitrogens is 1. The van der Waals surface area contributed by atoms with Gasteiger partial charge in [0.2, 0.25) is 0 Å². The van der Waals surface area contributed by atoms with Gasteiger partial charge in [-0.15, -0.1) is 0 Å². The normalized spacial score (nSPS) is 10.5. The first-order chi connectivity index (χ1) is 9.79. The second kappa shape index (κ2) is 5.17. The van der Waals surface area contributed by atoms with Gasteiger partial charge in [0.1, 0.15) is 17.1 Å². The molecule has 3 nitrogen and oxygen atoms in total. The highest BCUT2D eigenvalue weighted by Gasteiger charge is 2.08. The molecule has 20 heavy (non-hydrogen) atoms. The number of hydrogen-bond acceptors (Lipinski definition) is 3. The van der Waals surface area contributed by atoms with Crippen LogP contribution in [0.25, 0.3) is 10.9 Å². The van der Waals surface area contributed by atoms with E-state index in [9.17, 15) is 4.39 Å². The van der Waals surface area contributed by atoms with Crippen molar-refractivity contribution in [2.45, 2.75) is 0 Å². The molecular weight excluding hydrogens is 255 g/mol. The van der Waals surface area contributed by atoms with Crippen LogP contribution in [0.3, 0.4) is 0 Å². The van der Waals surface area contributed by atoms with E-state index in [1.807, 2.05) is 36.4 Å². The molecule has 1 aromatic heterocycles. The largest absolute Gasteiger partial charge is 0.495 e. The standard InChI is InChI=1S/C16H13FN2O/c1-20-15-8-3-2-7-14(15)19-13-9-10-18-16-11(13)5-4-6-12(16)17/h2-10H,1H3,(H,18,19). The summed E-state index contributed by atoms with van der Waals surface area (Å²) in [5, 5.41) is 4.00. The van der Waals surface area contributed by atoms with E-state index < -0.39 is 0 Å². The molecule has 3 aromatic rings. The number of pyridine rings is 1. The first kappa shape index (κ1) is 12.4. The summed E-state index contributed by atoms with van der Waals surface area (Å²) < 4.78 is 19.0. The average molecular weight is 268 g/mol. The van der Waals surface area contributed by atoms with Gasteiger partial charge in [0.15, 0.2) is 0 Å². The van der Waals surface area contributed by atoms with Gasteiger partial charge < -0.3 is 10.1 Å². The fourth-order valence-electron chi connectivity index (χ4n) is 2.14. The Balaban J connectivity index is 2.09. The molecule has 0 aliphatic rings. The van der Waals surface area contributed by atoms with E-state index in [0.717, 1.165) is 22.5 Å². The fraction of sp³-hybridized carbons (Fsp3) is 0.0625. The molecule has 0 amide bonds. The lowest BCUT2D eigenvalue weighted by Gasteiger charge is -2.12. The molecule has 4 heteroatoms. The Kier molecular flexibility index (Phi) is 3.21. The van der Waals surface area contributed by atoms with E-state index >= 15 is 0 Å². The van der Waals surface area contributed by atoms with Crippen LogP contribution in [0.1, 0.15) is 0 Å². The number of benzene rings is 2.